The zero-order chi connectivity index (χ0) is 14.9. The van der Waals surface area contributed by atoms with Gasteiger partial charge in [-0.05, 0) is 0 Å². The molecule has 1 aromatic carbocycles. The Labute approximate surface area is 134 Å². The van der Waals surface area contributed by atoms with Crippen LogP contribution in [0, 0.1) is 0 Å². The number of benzene rings is 1. The number of nitrogens with zero attached hydrogens (tertiary/aromatic N) is 1. The number of ether oxygens (including phenoxy) is 1. The van der Waals surface area contributed by atoms with Gasteiger partial charge in [-0.15, -0.1) is 0 Å². The van der Waals surface area contributed by atoms with Crippen LogP contribution in [0.15, 0.2) is 30.3 Å². The summed E-state index contributed by atoms with van der Waals surface area (Å²) >= 11 is 0.516. The van der Waals surface area contributed by atoms with E-state index >= 15 is 0 Å². The third-order valence-electron chi connectivity index (χ3n) is 3.80. The molecule has 116 valence electrons. The van der Waals surface area contributed by atoms with Crippen LogP contribution >= 0.6 is 0 Å². The number of hydrogen-bond donors (Lipinski definition) is 0. The van der Waals surface area contributed by atoms with Crippen LogP contribution in [0.2, 0.25) is 5.32 Å². The quantitative estimate of drug-likeness (QED) is 0.556. The van der Waals surface area contributed by atoms with Gasteiger partial charge in [-0.25, -0.2) is 0 Å². The molecule has 1 aliphatic rings. The van der Waals surface area contributed by atoms with Crippen molar-refractivity contribution >= 4 is 25.5 Å². The molecular formula is C17H25NO2Se. The molecule has 0 spiro atoms. The van der Waals surface area contributed by atoms with Crippen molar-refractivity contribution in [2.45, 2.75) is 50.4 Å². The van der Waals surface area contributed by atoms with Gasteiger partial charge in [-0.2, -0.15) is 0 Å². The van der Waals surface area contributed by atoms with Crippen molar-refractivity contribution in [3.63, 3.8) is 0 Å². The average Bonchev–Trinajstić information content (AvgIpc) is 2.97. The van der Waals surface area contributed by atoms with Crippen molar-refractivity contribution in [3.05, 3.63) is 30.3 Å². The van der Waals surface area contributed by atoms with Crippen molar-refractivity contribution in [1.82, 2.24) is 4.90 Å². The molecule has 1 amide bonds. The monoisotopic (exact) mass is 355 g/mol. The number of carbonyl (C=O) groups is 1. The summed E-state index contributed by atoms with van der Waals surface area (Å²) in [4.78, 5) is 14.0. The molecule has 0 saturated carbocycles. The first kappa shape index (κ1) is 16.4. The molecule has 2 rings (SSSR count). The maximum absolute atomic E-state index is 12.1. The summed E-state index contributed by atoms with van der Waals surface area (Å²) in [6.07, 6.45) is 5.29. The first-order chi connectivity index (χ1) is 10.3. The molecule has 0 bridgehead atoms. The van der Waals surface area contributed by atoms with E-state index in [0.29, 0.717) is 27.6 Å². The molecule has 1 aliphatic heterocycles. The van der Waals surface area contributed by atoms with Crippen LogP contribution in [-0.2, 0) is 4.74 Å². The molecule has 21 heavy (non-hydrogen) atoms. The van der Waals surface area contributed by atoms with Crippen LogP contribution in [0.4, 0.5) is 4.79 Å². The number of rotatable bonds is 7. The van der Waals surface area contributed by atoms with Crippen molar-refractivity contribution in [2.75, 3.05) is 13.2 Å². The Balaban J connectivity index is 1.72. The van der Waals surface area contributed by atoms with Gasteiger partial charge in [-0.3, -0.25) is 0 Å². The molecule has 1 fully saturated rings. The standard InChI is InChI=1S/C17H25NO2Se/c1-2-3-13-20-17(19)18-12-7-8-15(18)11-14-21-16-9-5-4-6-10-16/h4-6,9-10,15H,2-3,7-8,11-14H2,1H3. The molecule has 1 heterocycles. The Bertz CT molecular complexity index is 424. The van der Waals surface area contributed by atoms with Gasteiger partial charge in [0, 0.05) is 0 Å². The van der Waals surface area contributed by atoms with Gasteiger partial charge in [-0.1, -0.05) is 0 Å². The zero-order valence-electron chi connectivity index (χ0n) is 12.8. The fraction of sp³-hybridized carbons (Fsp3) is 0.588. The first-order valence-electron chi connectivity index (χ1n) is 7.92. The summed E-state index contributed by atoms with van der Waals surface area (Å²) in [5, 5.41) is 1.19. The van der Waals surface area contributed by atoms with E-state index in [4.69, 9.17) is 4.74 Å². The molecule has 4 heteroatoms. The summed E-state index contributed by atoms with van der Waals surface area (Å²) in [5.41, 5.74) is 0. The van der Waals surface area contributed by atoms with Crippen LogP contribution in [0.5, 0.6) is 0 Å². The molecular weight excluding hydrogens is 329 g/mol. The predicted molar refractivity (Wildman–Crippen MR) is 87.2 cm³/mol. The van der Waals surface area contributed by atoms with Crippen LogP contribution in [0.1, 0.15) is 39.0 Å². The Morgan fingerprint density at radius 1 is 1.38 bits per heavy atom. The summed E-state index contributed by atoms with van der Waals surface area (Å²) in [6.45, 7) is 3.54. The Kier molecular flexibility index (Phi) is 7.11. The van der Waals surface area contributed by atoms with Gasteiger partial charge < -0.3 is 0 Å². The average molecular weight is 354 g/mol. The number of amides is 1. The molecule has 3 nitrogen and oxygen atoms in total. The van der Waals surface area contributed by atoms with Crippen LogP contribution in [0.25, 0.3) is 0 Å². The zero-order valence-corrected chi connectivity index (χ0v) is 14.5. The summed E-state index contributed by atoms with van der Waals surface area (Å²) in [7, 11) is 0. The van der Waals surface area contributed by atoms with Gasteiger partial charge in [0.05, 0.1) is 0 Å². The van der Waals surface area contributed by atoms with E-state index in [1.54, 1.807) is 0 Å². The Morgan fingerprint density at radius 3 is 2.95 bits per heavy atom. The van der Waals surface area contributed by atoms with E-state index in [1.807, 2.05) is 4.90 Å². The maximum atomic E-state index is 12.1. The van der Waals surface area contributed by atoms with Crippen LogP contribution in [0.3, 0.4) is 0 Å². The van der Waals surface area contributed by atoms with Gasteiger partial charge in [0.2, 0.25) is 0 Å². The minimum absolute atomic E-state index is 0.0989. The topological polar surface area (TPSA) is 29.5 Å². The second kappa shape index (κ2) is 9.11. The Hall–Kier alpha value is -0.991. The molecule has 1 unspecified atom stereocenters. The molecule has 1 atom stereocenters. The molecule has 1 saturated heterocycles. The fourth-order valence-corrected chi connectivity index (χ4v) is 4.64. The van der Waals surface area contributed by atoms with Gasteiger partial charge >= 0.3 is 134 Å². The van der Waals surface area contributed by atoms with E-state index < -0.39 is 0 Å². The molecule has 1 aromatic rings. The Morgan fingerprint density at radius 2 is 2.19 bits per heavy atom. The van der Waals surface area contributed by atoms with Crippen LogP contribution in [-0.4, -0.2) is 45.1 Å². The van der Waals surface area contributed by atoms with Crippen molar-refractivity contribution < 1.29 is 9.53 Å². The van der Waals surface area contributed by atoms with Gasteiger partial charge in [0.1, 0.15) is 0 Å². The second-order valence-corrected chi connectivity index (χ2v) is 7.86. The van der Waals surface area contributed by atoms with Crippen molar-refractivity contribution in [3.8, 4) is 0 Å². The van der Waals surface area contributed by atoms with Gasteiger partial charge in [0.25, 0.3) is 0 Å². The third-order valence-corrected chi connectivity index (χ3v) is 5.99. The molecule has 0 aromatic heterocycles. The van der Waals surface area contributed by atoms with Crippen molar-refractivity contribution in [1.29, 1.82) is 0 Å². The van der Waals surface area contributed by atoms with E-state index in [0.717, 1.165) is 38.6 Å². The third kappa shape index (κ3) is 5.37. The number of hydrogen-bond acceptors (Lipinski definition) is 2. The minimum atomic E-state index is -0.0989. The first-order valence-corrected chi connectivity index (χ1v) is 9.99. The van der Waals surface area contributed by atoms with E-state index in [2.05, 4.69) is 37.3 Å². The molecule has 0 radical (unpaired) electrons. The number of carbonyl (C=O) groups excluding carboxylic acids is 1. The summed E-state index contributed by atoms with van der Waals surface area (Å²) < 4.78 is 6.80. The van der Waals surface area contributed by atoms with E-state index in [1.165, 1.54) is 9.78 Å². The second-order valence-electron chi connectivity index (χ2n) is 5.41. The van der Waals surface area contributed by atoms with Crippen LogP contribution < -0.4 is 4.46 Å². The van der Waals surface area contributed by atoms with E-state index in [-0.39, 0.29) is 6.09 Å². The number of unbranched alkanes of at least 4 members (excludes halogenated alkanes) is 1. The van der Waals surface area contributed by atoms with E-state index in [9.17, 15) is 4.79 Å². The fourth-order valence-electron chi connectivity index (χ4n) is 2.59. The summed E-state index contributed by atoms with van der Waals surface area (Å²) in [5.74, 6) is 0. The van der Waals surface area contributed by atoms with Gasteiger partial charge in [0.15, 0.2) is 0 Å². The van der Waals surface area contributed by atoms with Crippen molar-refractivity contribution in [2.24, 2.45) is 0 Å². The summed E-state index contributed by atoms with van der Waals surface area (Å²) in [6, 6.07) is 11.1. The predicted octanol–water partition coefficient (Wildman–Crippen LogP) is 3.23. The molecule has 0 N–H and O–H groups in total. The SMILES string of the molecule is CCCCOC(=O)N1CCCC1CC[Se]c1ccccc1. The molecule has 0 aliphatic carbocycles. The normalized spacial score (nSPS) is 18.0. The number of likely N-dealkylation sites (tertiary alicyclic amines) is 1.